The van der Waals surface area contributed by atoms with Gasteiger partial charge in [-0.3, -0.25) is 9.48 Å². The molecule has 1 amide bonds. The fourth-order valence-electron chi connectivity index (χ4n) is 2.24. The first kappa shape index (κ1) is 15.5. The smallest absolute Gasteiger partial charge is 0.255 e. The minimum Gasteiger partial charge on any atom is -0.351 e. The van der Waals surface area contributed by atoms with E-state index in [1.54, 1.807) is 4.68 Å². The molecule has 112 valence electrons. The van der Waals surface area contributed by atoms with E-state index in [2.05, 4.69) is 10.4 Å². The molecule has 3 N–H and O–H groups in total. The number of carbonyl (C=O) groups excluding carboxylic acids is 1. The molecule has 0 fully saturated rings. The number of nitrogens with one attached hydrogen (secondary N) is 1. The van der Waals surface area contributed by atoms with Crippen LogP contribution in [0.25, 0.3) is 0 Å². The van der Waals surface area contributed by atoms with Crippen molar-refractivity contribution in [2.75, 3.05) is 13.1 Å². The lowest BCUT2D eigenvalue weighted by molar-refractivity contribution is 0.0953. The Morgan fingerprint density at radius 3 is 2.76 bits per heavy atom. The molecule has 2 rings (SSSR count). The maximum atomic E-state index is 12.1. The van der Waals surface area contributed by atoms with Crippen LogP contribution in [-0.2, 0) is 6.54 Å². The number of benzene rings is 1. The Kier molecular flexibility index (Phi) is 4.98. The highest BCUT2D eigenvalue weighted by Gasteiger charge is 2.18. The molecule has 0 atom stereocenters. The largest absolute Gasteiger partial charge is 0.351 e. The van der Waals surface area contributed by atoms with Crippen LogP contribution in [0, 0.1) is 13.8 Å². The van der Waals surface area contributed by atoms with E-state index in [-0.39, 0.29) is 5.91 Å². The fourth-order valence-corrected chi connectivity index (χ4v) is 2.44. The lowest BCUT2D eigenvalue weighted by atomic mass is 10.1. The average Bonchev–Trinajstić information content (AvgIpc) is 2.73. The minimum absolute atomic E-state index is 0.138. The van der Waals surface area contributed by atoms with E-state index in [1.165, 1.54) is 0 Å². The van der Waals surface area contributed by atoms with Crippen LogP contribution < -0.4 is 11.1 Å². The van der Waals surface area contributed by atoms with E-state index >= 15 is 0 Å². The number of nitrogens with zero attached hydrogens (tertiary/aromatic N) is 2. The number of halogens is 1. The zero-order chi connectivity index (χ0) is 15.4. The number of hydrogen-bond donors (Lipinski definition) is 2. The van der Waals surface area contributed by atoms with E-state index in [9.17, 15) is 4.79 Å². The first-order valence-corrected chi connectivity index (χ1v) is 7.18. The highest BCUT2D eigenvalue weighted by molar-refractivity contribution is 6.31. The van der Waals surface area contributed by atoms with Crippen LogP contribution >= 0.6 is 11.6 Å². The lowest BCUT2D eigenvalue weighted by Gasteiger charge is -2.07. The maximum absolute atomic E-state index is 12.1. The standard InChI is InChI=1S/C15H19ClN4O/c1-10-14(15(21)18-8-7-17)11(2)20(19-10)9-12-5-3-4-6-13(12)16/h3-6H,7-9,17H2,1-2H3,(H,18,21). The number of aromatic nitrogens is 2. The summed E-state index contributed by atoms with van der Waals surface area (Å²) in [5, 5.41) is 7.91. The van der Waals surface area contributed by atoms with Gasteiger partial charge in [0, 0.05) is 23.8 Å². The molecule has 0 saturated heterocycles. The molecule has 0 bridgehead atoms. The normalized spacial score (nSPS) is 10.7. The highest BCUT2D eigenvalue weighted by Crippen LogP contribution is 2.19. The van der Waals surface area contributed by atoms with Gasteiger partial charge in [-0.15, -0.1) is 0 Å². The van der Waals surface area contributed by atoms with Crippen molar-refractivity contribution in [3.8, 4) is 0 Å². The number of amides is 1. The van der Waals surface area contributed by atoms with Gasteiger partial charge in [-0.25, -0.2) is 0 Å². The van der Waals surface area contributed by atoms with Crippen molar-refractivity contribution in [3.63, 3.8) is 0 Å². The van der Waals surface area contributed by atoms with Crippen LogP contribution in [0.4, 0.5) is 0 Å². The Balaban J connectivity index is 2.27. The van der Waals surface area contributed by atoms with Gasteiger partial charge in [-0.05, 0) is 25.5 Å². The summed E-state index contributed by atoms with van der Waals surface area (Å²) in [5.41, 5.74) is 8.51. The summed E-state index contributed by atoms with van der Waals surface area (Å²) in [6, 6.07) is 7.62. The molecule has 5 nitrogen and oxygen atoms in total. The number of aryl methyl sites for hydroxylation is 1. The summed E-state index contributed by atoms with van der Waals surface area (Å²) in [7, 11) is 0. The van der Waals surface area contributed by atoms with Crippen molar-refractivity contribution >= 4 is 17.5 Å². The Morgan fingerprint density at radius 2 is 2.10 bits per heavy atom. The molecule has 0 radical (unpaired) electrons. The lowest BCUT2D eigenvalue weighted by Crippen LogP contribution is -2.29. The van der Waals surface area contributed by atoms with Crippen LogP contribution in [-0.4, -0.2) is 28.8 Å². The summed E-state index contributed by atoms with van der Waals surface area (Å²) >= 11 is 6.17. The second-order valence-electron chi connectivity index (χ2n) is 4.84. The van der Waals surface area contributed by atoms with E-state index in [0.717, 1.165) is 11.3 Å². The molecule has 2 aromatic rings. The number of carbonyl (C=O) groups is 1. The minimum atomic E-state index is -0.138. The summed E-state index contributed by atoms with van der Waals surface area (Å²) in [4.78, 5) is 12.1. The van der Waals surface area contributed by atoms with Gasteiger partial charge in [0.1, 0.15) is 0 Å². The van der Waals surface area contributed by atoms with E-state index in [1.807, 2.05) is 38.1 Å². The Bertz CT molecular complexity index is 651. The van der Waals surface area contributed by atoms with Gasteiger partial charge in [0.05, 0.1) is 17.8 Å². The molecule has 1 heterocycles. The molecule has 21 heavy (non-hydrogen) atoms. The van der Waals surface area contributed by atoms with Crippen molar-refractivity contribution < 1.29 is 4.79 Å². The quantitative estimate of drug-likeness (QED) is 0.886. The van der Waals surface area contributed by atoms with Crippen molar-refractivity contribution in [1.82, 2.24) is 15.1 Å². The highest BCUT2D eigenvalue weighted by atomic mass is 35.5. The predicted molar refractivity (Wildman–Crippen MR) is 83.6 cm³/mol. The number of hydrogen-bond acceptors (Lipinski definition) is 3. The molecule has 0 unspecified atom stereocenters. The Labute approximate surface area is 129 Å². The van der Waals surface area contributed by atoms with E-state index in [0.29, 0.717) is 35.9 Å². The number of rotatable bonds is 5. The third-order valence-corrected chi connectivity index (χ3v) is 3.69. The zero-order valence-corrected chi connectivity index (χ0v) is 12.9. The Hall–Kier alpha value is -1.85. The third-order valence-electron chi connectivity index (χ3n) is 3.32. The van der Waals surface area contributed by atoms with Gasteiger partial charge < -0.3 is 11.1 Å². The average molecular weight is 307 g/mol. The van der Waals surface area contributed by atoms with Crippen molar-refractivity contribution in [1.29, 1.82) is 0 Å². The van der Waals surface area contributed by atoms with E-state index < -0.39 is 0 Å². The third kappa shape index (κ3) is 3.43. The van der Waals surface area contributed by atoms with Gasteiger partial charge in [0.15, 0.2) is 0 Å². The van der Waals surface area contributed by atoms with Crippen LogP contribution in [0.15, 0.2) is 24.3 Å². The summed E-state index contributed by atoms with van der Waals surface area (Å²) < 4.78 is 1.80. The van der Waals surface area contributed by atoms with Crippen LogP contribution in [0.2, 0.25) is 5.02 Å². The van der Waals surface area contributed by atoms with Crippen LogP contribution in [0.5, 0.6) is 0 Å². The molecule has 0 aliphatic heterocycles. The second-order valence-corrected chi connectivity index (χ2v) is 5.25. The first-order valence-electron chi connectivity index (χ1n) is 6.80. The molecule has 0 saturated carbocycles. The molecule has 1 aromatic heterocycles. The van der Waals surface area contributed by atoms with Crippen molar-refractivity contribution in [3.05, 3.63) is 51.8 Å². The van der Waals surface area contributed by atoms with E-state index in [4.69, 9.17) is 17.3 Å². The van der Waals surface area contributed by atoms with Gasteiger partial charge in [0.2, 0.25) is 0 Å². The molecular weight excluding hydrogens is 288 g/mol. The first-order chi connectivity index (χ1) is 10.0. The molecule has 6 heteroatoms. The molecule has 0 spiro atoms. The summed E-state index contributed by atoms with van der Waals surface area (Å²) in [6.45, 7) is 5.11. The van der Waals surface area contributed by atoms with Gasteiger partial charge >= 0.3 is 0 Å². The van der Waals surface area contributed by atoms with Crippen LogP contribution in [0.1, 0.15) is 27.3 Å². The number of nitrogens with two attached hydrogens (primary N) is 1. The fraction of sp³-hybridized carbons (Fsp3) is 0.333. The molecule has 1 aromatic carbocycles. The molecular formula is C15H19ClN4O. The van der Waals surface area contributed by atoms with Gasteiger partial charge in [0.25, 0.3) is 5.91 Å². The zero-order valence-electron chi connectivity index (χ0n) is 12.2. The summed E-state index contributed by atoms with van der Waals surface area (Å²) in [6.07, 6.45) is 0. The Morgan fingerprint density at radius 1 is 1.38 bits per heavy atom. The summed E-state index contributed by atoms with van der Waals surface area (Å²) in [5.74, 6) is -0.138. The predicted octanol–water partition coefficient (Wildman–Crippen LogP) is 1.89. The molecule has 0 aliphatic rings. The second kappa shape index (κ2) is 6.74. The van der Waals surface area contributed by atoms with Crippen molar-refractivity contribution in [2.45, 2.75) is 20.4 Å². The SMILES string of the molecule is Cc1nn(Cc2ccccc2Cl)c(C)c1C(=O)NCCN. The van der Waals surface area contributed by atoms with Gasteiger partial charge in [-0.2, -0.15) is 5.10 Å². The van der Waals surface area contributed by atoms with Crippen molar-refractivity contribution in [2.24, 2.45) is 5.73 Å². The maximum Gasteiger partial charge on any atom is 0.255 e. The van der Waals surface area contributed by atoms with Crippen LogP contribution in [0.3, 0.4) is 0 Å². The molecule has 0 aliphatic carbocycles. The van der Waals surface area contributed by atoms with Gasteiger partial charge in [-0.1, -0.05) is 29.8 Å². The topological polar surface area (TPSA) is 72.9 Å². The monoisotopic (exact) mass is 306 g/mol.